The highest BCUT2D eigenvalue weighted by Gasteiger charge is 2.14. The third-order valence-electron chi connectivity index (χ3n) is 2.74. The fourth-order valence-corrected chi connectivity index (χ4v) is 1.72. The van der Waals surface area contributed by atoms with E-state index in [2.05, 4.69) is 11.8 Å². The third-order valence-corrected chi connectivity index (χ3v) is 2.74. The molecule has 1 aliphatic rings. The third kappa shape index (κ3) is 3.55. The molecule has 1 aliphatic heterocycles. The van der Waals surface area contributed by atoms with Gasteiger partial charge in [0.15, 0.2) is 0 Å². The second kappa shape index (κ2) is 5.55. The standard InChI is InChI=1S/C10H20NO/c1-10-4-7-11(8-5-10)6-2-3-9-12/h10H,2-9H2,1H3. The van der Waals surface area contributed by atoms with Gasteiger partial charge in [0.1, 0.15) is 0 Å². The highest BCUT2D eigenvalue weighted by molar-refractivity contribution is 4.68. The van der Waals surface area contributed by atoms with Crippen molar-refractivity contribution in [3.8, 4) is 0 Å². The summed E-state index contributed by atoms with van der Waals surface area (Å²) in [6, 6.07) is 0. The van der Waals surface area contributed by atoms with E-state index in [1.165, 1.54) is 25.9 Å². The first-order valence-corrected chi connectivity index (χ1v) is 5.13. The van der Waals surface area contributed by atoms with Crippen molar-refractivity contribution in [3.63, 3.8) is 0 Å². The second-order valence-corrected chi connectivity index (χ2v) is 3.94. The summed E-state index contributed by atoms with van der Waals surface area (Å²) in [5.41, 5.74) is 0. The molecule has 0 aliphatic carbocycles. The monoisotopic (exact) mass is 170 g/mol. The van der Waals surface area contributed by atoms with Gasteiger partial charge >= 0.3 is 0 Å². The molecule has 0 aromatic rings. The molecule has 1 rings (SSSR count). The van der Waals surface area contributed by atoms with E-state index in [0.29, 0.717) is 0 Å². The molecule has 1 heterocycles. The molecule has 12 heavy (non-hydrogen) atoms. The van der Waals surface area contributed by atoms with Crippen LogP contribution in [0.4, 0.5) is 0 Å². The summed E-state index contributed by atoms with van der Waals surface area (Å²) in [7, 11) is 0. The minimum absolute atomic E-state index is 0.101. The molecule has 1 fully saturated rings. The maximum absolute atomic E-state index is 10.2. The van der Waals surface area contributed by atoms with Crippen LogP contribution < -0.4 is 0 Å². The average molecular weight is 170 g/mol. The smallest absolute Gasteiger partial charge is 0.0822 e. The van der Waals surface area contributed by atoms with E-state index >= 15 is 0 Å². The summed E-state index contributed by atoms with van der Waals surface area (Å²) >= 11 is 0. The molecule has 1 saturated heterocycles. The minimum Gasteiger partial charge on any atom is -0.303 e. The van der Waals surface area contributed by atoms with Crippen molar-refractivity contribution in [2.24, 2.45) is 5.92 Å². The van der Waals surface area contributed by atoms with Crippen LogP contribution in [-0.2, 0) is 5.11 Å². The summed E-state index contributed by atoms with van der Waals surface area (Å²) in [6.07, 6.45) is 4.64. The molecule has 0 bridgehead atoms. The fraction of sp³-hybridized carbons (Fsp3) is 1.00. The molecule has 0 N–H and O–H groups in total. The van der Waals surface area contributed by atoms with Gasteiger partial charge in [-0.05, 0) is 51.2 Å². The summed E-state index contributed by atoms with van der Waals surface area (Å²) in [5, 5.41) is 10.2. The first kappa shape index (κ1) is 10.0. The summed E-state index contributed by atoms with van der Waals surface area (Å²) in [4.78, 5) is 2.50. The van der Waals surface area contributed by atoms with Crippen LogP contribution in [0.15, 0.2) is 0 Å². The van der Waals surface area contributed by atoms with Gasteiger partial charge in [-0.15, -0.1) is 0 Å². The molecule has 0 unspecified atom stereocenters. The number of unbranched alkanes of at least 4 members (excludes halogenated alkanes) is 1. The average Bonchev–Trinajstić information content (AvgIpc) is 2.09. The molecule has 1 radical (unpaired) electrons. The van der Waals surface area contributed by atoms with Gasteiger partial charge < -0.3 is 4.90 Å². The van der Waals surface area contributed by atoms with Crippen LogP contribution in [0.25, 0.3) is 0 Å². The molecule has 0 aromatic carbocycles. The first-order valence-electron chi connectivity index (χ1n) is 5.13. The van der Waals surface area contributed by atoms with Gasteiger partial charge in [0.2, 0.25) is 0 Å². The van der Waals surface area contributed by atoms with E-state index < -0.39 is 0 Å². The van der Waals surface area contributed by atoms with Gasteiger partial charge in [-0.3, -0.25) is 0 Å². The molecular weight excluding hydrogens is 150 g/mol. The Hall–Kier alpha value is -0.0800. The summed E-state index contributed by atoms with van der Waals surface area (Å²) in [6.45, 7) is 6.08. The lowest BCUT2D eigenvalue weighted by Gasteiger charge is -2.29. The van der Waals surface area contributed by atoms with E-state index in [0.717, 1.165) is 25.3 Å². The van der Waals surface area contributed by atoms with Crippen molar-refractivity contribution in [2.45, 2.75) is 32.6 Å². The molecule has 2 heteroatoms. The molecular formula is C10H20NO. The molecule has 0 saturated carbocycles. The Morgan fingerprint density at radius 2 is 1.92 bits per heavy atom. The van der Waals surface area contributed by atoms with Gasteiger partial charge in [-0.2, -0.15) is 0 Å². The van der Waals surface area contributed by atoms with Crippen LogP contribution in [0.1, 0.15) is 32.6 Å². The molecule has 0 spiro atoms. The number of hydrogen-bond donors (Lipinski definition) is 0. The number of rotatable bonds is 4. The number of piperidine rings is 1. The predicted molar refractivity (Wildman–Crippen MR) is 49.6 cm³/mol. The zero-order chi connectivity index (χ0) is 8.81. The van der Waals surface area contributed by atoms with Crippen LogP contribution in [0, 0.1) is 5.92 Å². The molecule has 2 nitrogen and oxygen atoms in total. The Kier molecular flexibility index (Phi) is 4.62. The van der Waals surface area contributed by atoms with Gasteiger partial charge in [0.25, 0.3) is 0 Å². The van der Waals surface area contributed by atoms with Crippen LogP contribution >= 0.6 is 0 Å². The van der Waals surface area contributed by atoms with Crippen molar-refractivity contribution < 1.29 is 5.11 Å². The topological polar surface area (TPSA) is 23.1 Å². The Morgan fingerprint density at radius 3 is 2.50 bits per heavy atom. The Labute approximate surface area is 75.6 Å². The molecule has 0 atom stereocenters. The predicted octanol–water partition coefficient (Wildman–Crippen LogP) is 1.93. The maximum atomic E-state index is 10.2. The molecule has 0 aromatic heterocycles. The van der Waals surface area contributed by atoms with Gasteiger partial charge in [0.05, 0.1) is 6.61 Å². The Bertz CT molecular complexity index is 108. The summed E-state index contributed by atoms with van der Waals surface area (Å²) in [5.74, 6) is 0.917. The SMILES string of the molecule is CC1CCN(CCCC[O])CC1. The number of hydrogen-bond acceptors (Lipinski definition) is 1. The fourth-order valence-electron chi connectivity index (χ4n) is 1.72. The molecule has 71 valence electrons. The first-order chi connectivity index (χ1) is 5.83. The van der Waals surface area contributed by atoms with Crippen molar-refractivity contribution in [1.29, 1.82) is 0 Å². The van der Waals surface area contributed by atoms with Crippen molar-refractivity contribution >= 4 is 0 Å². The van der Waals surface area contributed by atoms with Gasteiger partial charge in [-0.25, -0.2) is 5.11 Å². The van der Waals surface area contributed by atoms with Crippen molar-refractivity contribution in [3.05, 3.63) is 0 Å². The number of likely N-dealkylation sites (tertiary alicyclic amines) is 1. The van der Waals surface area contributed by atoms with Gasteiger partial charge in [0, 0.05) is 0 Å². The largest absolute Gasteiger partial charge is 0.303 e. The highest BCUT2D eigenvalue weighted by Crippen LogP contribution is 2.15. The Morgan fingerprint density at radius 1 is 1.25 bits per heavy atom. The Balaban J connectivity index is 2.01. The normalized spacial score (nSPS) is 21.5. The zero-order valence-electron chi connectivity index (χ0n) is 8.09. The van der Waals surface area contributed by atoms with Crippen molar-refractivity contribution in [1.82, 2.24) is 4.90 Å². The quantitative estimate of drug-likeness (QED) is 0.591. The van der Waals surface area contributed by atoms with E-state index in [1.807, 2.05) is 0 Å². The number of nitrogens with zero attached hydrogens (tertiary/aromatic N) is 1. The van der Waals surface area contributed by atoms with E-state index in [-0.39, 0.29) is 6.61 Å². The zero-order valence-corrected chi connectivity index (χ0v) is 8.09. The minimum atomic E-state index is 0.101. The van der Waals surface area contributed by atoms with E-state index in [4.69, 9.17) is 0 Å². The lowest BCUT2D eigenvalue weighted by molar-refractivity contribution is 0.162. The second-order valence-electron chi connectivity index (χ2n) is 3.94. The lowest BCUT2D eigenvalue weighted by atomic mass is 9.99. The highest BCUT2D eigenvalue weighted by atomic mass is 16.2. The van der Waals surface area contributed by atoms with Crippen LogP contribution in [0.3, 0.4) is 0 Å². The van der Waals surface area contributed by atoms with Gasteiger partial charge in [-0.1, -0.05) is 6.92 Å². The lowest BCUT2D eigenvalue weighted by Crippen LogP contribution is -2.33. The van der Waals surface area contributed by atoms with Crippen LogP contribution in [0.2, 0.25) is 0 Å². The van der Waals surface area contributed by atoms with Crippen molar-refractivity contribution in [2.75, 3.05) is 26.2 Å². The van der Waals surface area contributed by atoms with E-state index in [1.54, 1.807) is 0 Å². The van der Waals surface area contributed by atoms with E-state index in [9.17, 15) is 5.11 Å². The van der Waals surface area contributed by atoms with Crippen LogP contribution in [0.5, 0.6) is 0 Å². The maximum Gasteiger partial charge on any atom is 0.0822 e. The summed E-state index contributed by atoms with van der Waals surface area (Å²) < 4.78 is 0. The van der Waals surface area contributed by atoms with Crippen LogP contribution in [-0.4, -0.2) is 31.1 Å². The molecule has 0 amide bonds.